The molecule has 0 saturated heterocycles. The van der Waals surface area contributed by atoms with Gasteiger partial charge in [0.15, 0.2) is 0 Å². The Labute approximate surface area is 150 Å². The van der Waals surface area contributed by atoms with Gasteiger partial charge in [0, 0.05) is 28.9 Å². The predicted molar refractivity (Wildman–Crippen MR) is 99.2 cm³/mol. The highest BCUT2D eigenvalue weighted by Crippen LogP contribution is 2.46. The monoisotopic (exact) mass is 349 g/mol. The van der Waals surface area contributed by atoms with Crippen LogP contribution in [0.15, 0.2) is 48.7 Å². The number of pyridine rings is 1. The van der Waals surface area contributed by atoms with E-state index in [9.17, 15) is 9.41 Å². The van der Waals surface area contributed by atoms with Gasteiger partial charge in [0.1, 0.15) is 17.2 Å². The van der Waals surface area contributed by atoms with Gasteiger partial charge < -0.3 is 20.0 Å². The standard InChI is InChI=1S/C19H17BFN3O2/c21-12-1-3-13(4-2-12)24-14-7-11(8-14)16-9-20(25)26-17-10-23-19-15(18(16)17)5-6-22-19/h1-6,9-11,14,24-25H,7-8H2,(H,22,23). The summed E-state index contributed by atoms with van der Waals surface area (Å²) < 4.78 is 18.6. The van der Waals surface area contributed by atoms with Crippen LogP contribution in [0.3, 0.4) is 0 Å². The highest BCUT2D eigenvalue weighted by atomic mass is 19.1. The molecule has 7 heteroatoms. The Morgan fingerprint density at radius 3 is 2.85 bits per heavy atom. The van der Waals surface area contributed by atoms with Gasteiger partial charge >= 0.3 is 7.12 Å². The highest BCUT2D eigenvalue weighted by Gasteiger charge is 2.37. The average molecular weight is 349 g/mol. The van der Waals surface area contributed by atoms with Crippen molar-refractivity contribution in [2.24, 2.45) is 5.92 Å². The zero-order chi connectivity index (χ0) is 17.7. The Morgan fingerprint density at radius 1 is 1.23 bits per heavy atom. The fraction of sp³-hybridized carbons (Fsp3) is 0.211. The first kappa shape index (κ1) is 15.5. The number of rotatable bonds is 3. The molecule has 3 N–H and O–H groups in total. The summed E-state index contributed by atoms with van der Waals surface area (Å²) in [7, 11) is -0.945. The van der Waals surface area contributed by atoms with Crippen LogP contribution in [0.1, 0.15) is 18.4 Å². The Morgan fingerprint density at radius 2 is 2.04 bits per heavy atom. The minimum atomic E-state index is -0.945. The first-order valence-electron chi connectivity index (χ1n) is 8.72. The quantitative estimate of drug-likeness (QED) is 0.634. The predicted octanol–water partition coefficient (Wildman–Crippen LogP) is 3.39. The van der Waals surface area contributed by atoms with Gasteiger partial charge in [0.05, 0.1) is 6.20 Å². The van der Waals surface area contributed by atoms with E-state index < -0.39 is 7.12 Å². The first-order valence-corrected chi connectivity index (χ1v) is 8.72. The number of aromatic nitrogens is 2. The maximum atomic E-state index is 13.0. The summed E-state index contributed by atoms with van der Waals surface area (Å²) in [6.45, 7) is 0. The van der Waals surface area contributed by atoms with E-state index in [1.54, 1.807) is 24.3 Å². The topological polar surface area (TPSA) is 70.2 Å². The van der Waals surface area contributed by atoms with E-state index in [1.807, 2.05) is 12.3 Å². The third-order valence-electron chi connectivity index (χ3n) is 5.20. The highest BCUT2D eigenvalue weighted by molar-refractivity contribution is 6.52. The van der Waals surface area contributed by atoms with E-state index in [0.717, 1.165) is 40.7 Å². The van der Waals surface area contributed by atoms with Crippen LogP contribution in [0.4, 0.5) is 10.1 Å². The molecule has 5 nitrogen and oxygen atoms in total. The van der Waals surface area contributed by atoms with Crippen molar-refractivity contribution >= 4 is 29.4 Å². The lowest BCUT2D eigenvalue weighted by molar-refractivity contribution is 0.352. The zero-order valence-corrected chi connectivity index (χ0v) is 13.9. The lowest BCUT2D eigenvalue weighted by atomic mass is 9.68. The number of hydrogen-bond donors (Lipinski definition) is 3. The Balaban J connectivity index is 1.38. The zero-order valence-electron chi connectivity index (χ0n) is 13.9. The van der Waals surface area contributed by atoms with E-state index >= 15 is 0 Å². The van der Waals surface area contributed by atoms with Crippen LogP contribution in [0.5, 0.6) is 5.75 Å². The van der Waals surface area contributed by atoms with Gasteiger partial charge in [-0.3, -0.25) is 0 Å². The maximum Gasteiger partial charge on any atom is 0.552 e. The van der Waals surface area contributed by atoms with Crippen LogP contribution in [0, 0.1) is 11.7 Å². The van der Waals surface area contributed by atoms with Crippen molar-refractivity contribution in [2.45, 2.75) is 18.9 Å². The second kappa shape index (κ2) is 5.88. The number of fused-ring (bicyclic) bond motifs is 3. The summed E-state index contributed by atoms with van der Waals surface area (Å²) in [5, 5.41) is 14.5. The third-order valence-corrected chi connectivity index (χ3v) is 5.20. The summed E-state index contributed by atoms with van der Waals surface area (Å²) in [5.41, 5.74) is 3.87. The van der Waals surface area contributed by atoms with Crippen molar-refractivity contribution < 1.29 is 14.1 Å². The first-order chi connectivity index (χ1) is 12.7. The van der Waals surface area contributed by atoms with Crippen molar-refractivity contribution in [3.8, 4) is 5.75 Å². The number of halogens is 1. The molecule has 1 saturated carbocycles. The van der Waals surface area contributed by atoms with Gasteiger partial charge in [0.2, 0.25) is 0 Å². The Kier molecular flexibility index (Phi) is 3.50. The minimum Gasteiger partial charge on any atom is -0.531 e. The summed E-state index contributed by atoms with van der Waals surface area (Å²) in [5.74, 6) is 2.53. The molecule has 0 spiro atoms. The van der Waals surface area contributed by atoms with Gasteiger partial charge in [-0.05, 0) is 60.6 Å². The summed E-state index contributed by atoms with van der Waals surface area (Å²) in [4.78, 5) is 7.47. The molecular weight excluding hydrogens is 332 g/mol. The van der Waals surface area contributed by atoms with Crippen molar-refractivity contribution in [2.75, 3.05) is 5.32 Å². The largest absolute Gasteiger partial charge is 0.552 e. The average Bonchev–Trinajstić information content (AvgIpc) is 3.07. The molecule has 2 aromatic heterocycles. The normalized spacial score (nSPS) is 21.6. The fourth-order valence-electron chi connectivity index (χ4n) is 3.89. The van der Waals surface area contributed by atoms with Gasteiger partial charge in [0.25, 0.3) is 0 Å². The molecule has 1 aliphatic heterocycles. The van der Waals surface area contributed by atoms with Crippen molar-refractivity contribution in [1.29, 1.82) is 0 Å². The lowest BCUT2D eigenvalue weighted by Crippen LogP contribution is -2.37. The van der Waals surface area contributed by atoms with Crippen LogP contribution in [-0.4, -0.2) is 28.2 Å². The van der Waals surface area contributed by atoms with Crippen molar-refractivity contribution in [3.05, 3.63) is 60.1 Å². The number of aromatic amines is 1. The molecule has 0 atom stereocenters. The van der Waals surface area contributed by atoms with Gasteiger partial charge in [-0.1, -0.05) is 0 Å². The number of benzene rings is 1. The number of nitrogens with one attached hydrogen (secondary N) is 2. The summed E-state index contributed by atoms with van der Waals surface area (Å²) in [6.07, 6.45) is 5.42. The molecule has 0 amide bonds. The molecule has 130 valence electrons. The molecule has 3 aromatic rings. The smallest absolute Gasteiger partial charge is 0.531 e. The maximum absolute atomic E-state index is 13.0. The number of anilines is 1. The molecule has 2 aliphatic rings. The van der Waals surface area contributed by atoms with E-state index in [-0.39, 0.29) is 5.82 Å². The van der Waals surface area contributed by atoms with Crippen LogP contribution >= 0.6 is 0 Å². The molecule has 26 heavy (non-hydrogen) atoms. The minimum absolute atomic E-state index is 0.232. The van der Waals surface area contributed by atoms with E-state index in [0.29, 0.717) is 17.7 Å². The van der Waals surface area contributed by atoms with Crippen LogP contribution in [0.25, 0.3) is 16.6 Å². The van der Waals surface area contributed by atoms with Gasteiger partial charge in [-0.2, -0.15) is 0 Å². The molecule has 1 fully saturated rings. The van der Waals surface area contributed by atoms with Gasteiger partial charge in [-0.25, -0.2) is 9.37 Å². The third kappa shape index (κ3) is 2.56. The van der Waals surface area contributed by atoms with Crippen molar-refractivity contribution in [3.63, 3.8) is 0 Å². The summed E-state index contributed by atoms with van der Waals surface area (Å²) in [6, 6.07) is 8.75. The SMILES string of the molecule is OB1C=C(C2CC(Nc3ccc(F)cc3)C2)c2c(cnc3[nH]ccc23)O1. The molecule has 0 radical (unpaired) electrons. The second-order valence-corrected chi connectivity index (χ2v) is 6.88. The summed E-state index contributed by atoms with van der Waals surface area (Å²) >= 11 is 0. The number of allylic oxidation sites excluding steroid dienone is 1. The van der Waals surface area contributed by atoms with Crippen LogP contribution < -0.4 is 9.97 Å². The molecule has 0 unspecified atom stereocenters. The van der Waals surface area contributed by atoms with Gasteiger partial charge in [-0.15, -0.1) is 0 Å². The van der Waals surface area contributed by atoms with Crippen LogP contribution in [0.2, 0.25) is 0 Å². The lowest BCUT2D eigenvalue weighted by Gasteiger charge is -2.39. The van der Waals surface area contributed by atoms with E-state index in [4.69, 9.17) is 4.65 Å². The molecule has 1 aliphatic carbocycles. The Bertz CT molecular complexity index is 996. The Hall–Kier alpha value is -2.80. The fourth-order valence-corrected chi connectivity index (χ4v) is 3.89. The molecule has 0 bridgehead atoms. The number of H-pyrrole nitrogens is 1. The van der Waals surface area contributed by atoms with E-state index in [2.05, 4.69) is 15.3 Å². The van der Waals surface area contributed by atoms with Crippen molar-refractivity contribution in [1.82, 2.24) is 9.97 Å². The molecule has 1 aromatic carbocycles. The van der Waals surface area contributed by atoms with E-state index in [1.165, 1.54) is 12.1 Å². The number of nitrogens with zero attached hydrogens (tertiary/aromatic N) is 1. The second-order valence-electron chi connectivity index (χ2n) is 6.88. The molecular formula is C19H17BFN3O2. The van der Waals surface area contributed by atoms with Crippen LogP contribution in [-0.2, 0) is 0 Å². The molecule has 5 rings (SSSR count). The molecule has 3 heterocycles. The number of hydrogen-bond acceptors (Lipinski definition) is 4.